The summed E-state index contributed by atoms with van der Waals surface area (Å²) in [5.74, 6) is 1.85. The molecular weight excluding hydrogens is 280 g/mol. The monoisotopic (exact) mass is 304 g/mol. The van der Waals surface area contributed by atoms with E-state index in [0.717, 1.165) is 23.7 Å². The van der Waals surface area contributed by atoms with Crippen LogP contribution in [0.2, 0.25) is 0 Å². The van der Waals surface area contributed by atoms with Crippen LogP contribution in [0.4, 0.5) is 11.4 Å². The van der Waals surface area contributed by atoms with Crippen LogP contribution in [-0.4, -0.2) is 18.2 Å². The van der Waals surface area contributed by atoms with E-state index in [2.05, 4.69) is 0 Å². The van der Waals surface area contributed by atoms with Gasteiger partial charge in [0.2, 0.25) is 5.91 Å². The first-order valence-electron chi connectivity index (χ1n) is 8.07. The number of hydrogen-bond donors (Lipinski definition) is 1. The van der Waals surface area contributed by atoms with Crippen molar-refractivity contribution >= 4 is 29.0 Å². The van der Waals surface area contributed by atoms with Crippen LogP contribution in [0.5, 0.6) is 0 Å². The third kappa shape index (κ3) is 3.54. The summed E-state index contributed by atoms with van der Waals surface area (Å²) >= 11 is 1.82. The van der Waals surface area contributed by atoms with Gasteiger partial charge in [0.1, 0.15) is 0 Å². The Morgan fingerprint density at radius 3 is 2.76 bits per heavy atom. The fourth-order valence-corrected chi connectivity index (χ4v) is 4.39. The van der Waals surface area contributed by atoms with Gasteiger partial charge in [0, 0.05) is 29.3 Å². The lowest BCUT2D eigenvalue weighted by Gasteiger charge is -2.30. The molecule has 2 N–H and O–H groups in total. The maximum atomic E-state index is 12.7. The van der Waals surface area contributed by atoms with Crippen molar-refractivity contribution in [2.75, 3.05) is 22.9 Å². The van der Waals surface area contributed by atoms with E-state index in [1.165, 1.54) is 43.4 Å². The average Bonchev–Trinajstić information content (AvgIpc) is 2.75. The quantitative estimate of drug-likeness (QED) is 0.662. The van der Waals surface area contributed by atoms with Crippen molar-refractivity contribution in [3.63, 3.8) is 0 Å². The molecule has 0 spiro atoms. The Kier molecular flexibility index (Phi) is 4.73. The zero-order valence-corrected chi connectivity index (χ0v) is 13.3. The topological polar surface area (TPSA) is 46.3 Å². The van der Waals surface area contributed by atoms with E-state index in [1.54, 1.807) is 0 Å². The highest BCUT2D eigenvalue weighted by Crippen LogP contribution is 2.37. The number of rotatable bonds is 2. The first-order valence-corrected chi connectivity index (χ1v) is 9.05. The first kappa shape index (κ1) is 14.8. The van der Waals surface area contributed by atoms with Crippen molar-refractivity contribution in [1.29, 1.82) is 0 Å². The van der Waals surface area contributed by atoms with E-state index in [-0.39, 0.29) is 5.91 Å². The van der Waals surface area contributed by atoms with E-state index in [0.29, 0.717) is 12.3 Å². The highest BCUT2D eigenvalue weighted by Gasteiger charge is 2.25. The van der Waals surface area contributed by atoms with E-state index < -0.39 is 0 Å². The maximum Gasteiger partial charge on any atom is 0.227 e. The van der Waals surface area contributed by atoms with E-state index >= 15 is 0 Å². The third-order valence-corrected chi connectivity index (χ3v) is 5.63. The van der Waals surface area contributed by atoms with Crippen molar-refractivity contribution in [3.05, 3.63) is 18.2 Å². The summed E-state index contributed by atoms with van der Waals surface area (Å²) in [5, 5.41) is 0. The van der Waals surface area contributed by atoms with Gasteiger partial charge >= 0.3 is 0 Å². The van der Waals surface area contributed by atoms with Crippen molar-refractivity contribution in [2.45, 2.75) is 49.8 Å². The Morgan fingerprint density at radius 1 is 1.24 bits per heavy atom. The van der Waals surface area contributed by atoms with Gasteiger partial charge in [-0.3, -0.25) is 4.79 Å². The summed E-state index contributed by atoms with van der Waals surface area (Å²) in [4.78, 5) is 15.9. The number of nitrogens with zero attached hydrogens (tertiary/aromatic N) is 1. The van der Waals surface area contributed by atoms with Crippen molar-refractivity contribution in [1.82, 2.24) is 0 Å². The number of carbonyl (C=O) groups is 1. The van der Waals surface area contributed by atoms with E-state index in [9.17, 15) is 4.79 Å². The van der Waals surface area contributed by atoms with Gasteiger partial charge in [-0.1, -0.05) is 25.7 Å². The SMILES string of the molecule is Nc1ccc2c(c1)N(C(=O)CC1CCCCCC1)CCS2. The molecule has 0 unspecified atom stereocenters. The maximum absolute atomic E-state index is 12.7. The molecule has 3 rings (SSSR count). The van der Waals surface area contributed by atoms with Crippen LogP contribution < -0.4 is 10.6 Å². The van der Waals surface area contributed by atoms with Crippen molar-refractivity contribution in [3.8, 4) is 0 Å². The lowest BCUT2D eigenvalue weighted by molar-refractivity contribution is -0.119. The minimum absolute atomic E-state index is 0.286. The van der Waals surface area contributed by atoms with Crippen LogP contribution >= 0.6 is 11.8 Å². The number of fused-ring (bicyclic) bond motifs is 1. The smallest absolute Gasteiger partial charge is 0.227 e. The Bertz CT molecular complexity index is 510. The number of hydrogen-bond acceptors (Lipinski definition) is 3. The number of carbonyl (C=O) groups excluding carboxylic acids is 1. The van der Waals surface area contributed by atoms with Crippen molar-refractivity contribution in [2.24, 2.45) is 5.92 Å². The first-order chi connectivity index (χ1) is 10.2. The summed E-state index contributed by atoms with van der Waals surface area (Å²) in [6.45, 7) is 0.812. The highest BCUT2D eigenvalue weighted by molar-refractivity contribution is 7.99. The molecule has 3 nitrogen and oxygen atoms in total. The molecule has 1 heterocycles. The molecule has 2 aliphatic rings. The second-order valence-electron chi connectivity index (χ2n) is 6.18. The molecule has 0 atom stereocenters. The average molecular weight is 304 g/mol. The third-order valence-electron chi connectivity index (χ3n) is 4.59. The van der Waals surface area contributed by atoms with Gasteiger partial charge in [-0.05, 0) is 37.0 Å². The molecule has 0 bridgehead atoms. The van der Waals surface area contributed by atoms with E-state index in [4.69, 9.17) is 5.73 Å². The number of nitrogen functional groups attached to an aromatic ring is 1. The molecule has 1 amide bonds. The van der Waals surface area contributed by atoms with Gasteiger partial charge in [0.25, 0.3) is 0 Å². The molecular formula is C17H24N2OS. The molecule has 1 fully saturated rings. The van der Waals surface area contributed by atoms with Crippen LogP contribution in [0.1, 0.15) is 44.9 Å². The van der Waals surface area contributed by atoms with E-state index in [1.807, 2.05) is 34.9 Å². The van der Waals surface area contributed by atoms with Gasteiger partial charge in [-0.25, -0.2) is 0 Å². The fraction of sp³-hybridized carbons (Fsp3) is 0.588. The summed E-state index contributed by atoms with van der Waals surface area (Å²) in [5.41, 5.74) is 7.66. The van der Waals surface area contributed by atoms with Gasteiger partial charge in [-0.15, -0.1) is 11.8 Å². The lowest BCUT2D eigenvalue weighted by atomic mass is 9.96. The number of benzene rings is 1. The van der Waals surface area contributed by atoms with Crippen LogP contribution in [0.15, 0.2) is 23.1 Å². The lowest BCUT2D eigenvalue weighted by Crippen LogP contribution is -2.36. The second kappa shape index (κ2) is 6.73. The summed E-state index contributed by atoms with van der Waals surface area (Å²) in [6, 6.07) is 5.91. The predicted molar refractivity (Wildman–Crippen MR) is 89.7 cm³/mol. The number of anilines is 2. The van der Waals surface area contributed by atoms with Gasteiger partial charge < -0.3 is 10.6 Å². The Labute approximate surface area is 131 Å². The Hall–Kier alpha value is -1.16. The number of nitrogens with two attached hydrogens (primary N) is 1. The summed E-state index contributed by atoms with van der Waals surface area (Å²) in [6.07, 6.45) is 8.40. The second-order valence-corrected chi connectivity index (χ2v) is 7.32. The van der Waals surface area contributed by atoms with Crippen LogP contribution in [0.3, 0.4) is 0 Å². The Morgan fingerprint density at radius 2 is 2.00 bits per heavy atom. The fourth-order valence-electron chi connectivity index (χ4n) is 3.42. The molecule has 1 aromatic rings. The molecule has 4 heteroatoms. The molecule has 1 aliphatic heterocycles. The van der Waals surface area contributed by atoms with Gasteiger partial charge in [0.05, 0.1) is 5.69 Å². The highest BCUT2D eigenvalue weighted by atomic mass is 32.2. The predicted octanol–water partition coefficient (Wildman–Crippen LogP) is 4.07. The molecule has 0 radical (unpaired) electrons. The molecule has 114 valence electrons. The normalized spacial score (nSPS) is 19.9. The van der Waals surface area contributed by atoms with Gasteiger partial charge in [0.15, 0.2) is 0 Å². The largest absolute Gasteiger partial charge is 0.399 e. The summed E-state index contributed by atoms with van der Waals surface area (Å²) in [7, 11) is 0. The zero-order valence-electron chi connectivity index (χ0n) is 12.5. The van der Waals surface area contributed by atoms with Crippen LogP contribution in [-0.2, 0) is 4.79 Å². The number of amides is 1. The molecule has 0 aromatic heterocycles. The minimum atomic E-state index is 0.286. The Balaban J connectivity index is 1.72. The molecule has 21 heavy (non-hydrogen) atoms. The molecule has 1 aliphatic carbocycles. The molecule has 0 saturated heterocycles. The van der Waals surface area contributed by atoms with Crippen LogP contribution in [0.25, 0.3) is 0 Å². The minimum Gasteiger partial charge on any atom is -0.399 e. The summed E-state index contributed by atoms with van der Waals surface area (Å²) < 4.78 is 0. The molecule has 1 aromatic carbocycles. The van der Waals surface area contributed by atoms with Crippen LogP contribution in [0, 0.1) is 5.92 Å². The van der Waals surface area contributed by atoms with Gasteiger partial charge in [-0.2, -0.15) is 0 Å². The standard InChI is InChI=1S/C17H24N2OS/c18-14-7-8-16-15(12-14)19(9-10-21-16)17(20)11-13-5-3-1-2-4-6-13/h7-8,12-13H,1-6,9-11,18H2. The zero-order chi connectivity index (χ0) is 14.7. The number of thioether (sulfide) groups is 1. The van der Waals surface area contributed by atoms with Crippen molar-refractivity contribution < 1.29 is 4.79 Å². The molecule has 1 saturated carbocycles.